The van der Waals surface area contributed by atoms with E-state index < -0.39 is 0 Å². The lowest BCUT2D eigenvalue weighted by molar-refractivity contribution is 0.0519. The van der Waals surface area contributed by atoms with Crippen LogP contribution in [0.2, 0.25) is 0 Å². The predicted molar refractivity (Wildman–Crippen MR) is 71.0 cm³/mol. The standard InChI is InChI=1S/C14H28N2O/c1-3-11(4-2)14(17)9-15-13-10-16-7-5-12(13)6-8-16/h11-15,17H,3-10H2,1-2H3. The molecule has 0 amide bonds. The van der Waals surface area contributed by atoms with Crippen LogP contribution >= 0.6 is 0 Å². The minimum atomic E-state index is -0.166. The molecule has 3 heteroatoms. The van der Waals surface area contributed by atoms with Gasteiger partial charge in [0.2, 0.25) is 0 Å². The van der Waals surface area contributed by atoms with Crippen molar-refractivity contribution in [3.8, 4) is 0 Å². The van der Waals surface area contributed by atoms with Crippen LogP contribution in [0, 0.1) is 11.8 Å². The summed E-state index contributed by atoms with van der Waals surface area (Å²) in [6.45, 7) is 8.90. The Balaban J connectivity index is 1.74. The molecule has 0 spiro atoms. The second-order valence-electron chi connectivity index (χ2n) is 5.80. The molecule has 17 heavy (non-hydrogen) atoms. The van der Waals surface area contributed by atoms with Crippen LogP contribution in [0.25, 0.3) is 0 Å². The lowest BCUT2D eigenvalue weighted by Gasteiger charge is -2.45. The molecule has 0 aromatic heterocycles. The predicted octanol–water partition coefficient (Wildman–Crippen LogP) is 1.47. The summed E-state index contributed by atoms with van der Waals surface area (Å²) in [5, 5.41) is 13.7. The van der Waals surface area contributed by atoms with Gasteiger partial charge in [-0.1, -0.05) is 26.7 Å². The summed E-state index contributed by atoms with van der Waals surface area (Å²) in [5.74, 6) is 1.32. The van der Waals surface area contributed by atoms with E-state index in [9.17, 15) is 5.11 Å². The van der Waals surface area contributed by atoms with E-state index in [1.54, 1.807) is 0 Å². The maximum absolute atomic E-state index is 10.1. The molecule has 3 aliphatic heterocycles. The molecule has 0 aromatic carbocycles. The number of rotatable bonds is 6. The second-order valence-corrected chi connectivity index (χ2v) is 5.80. The van der Waals surface area contributed by atoms with Crippen molar-refractivity contribution in [1.29, 1.82) is 0 Å². The Labute approximate surface area is 106 Å². The van der Waals surface area contributed by atoms with Crippen molar-refractivity contribution in [2.45, 2.75) is 51.7 Å². The summed E-state index contributed by atoms with van der Waals surface area (Å²) in [5.41, 5.74) is 0. The van der Waals surface area contributed by atoms with E-state index in [-0.39, 0.29) is 6.10 Å². The van der Waals surface area contributed by atoms with Gasteiger partial charge in [0.05, 0.1) is 6.10 Å². The zero-order valence-electron chi connectivity index (χ0n) is 11.4. The van der Waals surface area contributed by atoms with Crippen molar-refractivity contribution in [3.63, 3.8) is 0 Å². The van der Waals surface area contributed by atoms with Gasteiger partial charge >= 0.3 is 0 Å². The highest BCUT2D eigenvalue weighted by atomic mass is 16.3. The van der Waals surface area contributed by atoms with Crippen LogP contribution in [0.15, 0.2) is 0 Å². The second kappa shape index (κ2) is 6.17. The summed E-state index contributed by atoms with van der Waals surface area (Å²) in [7, 11) is 0. The average Bonchev–Trinajstić information content (AvgIpc) is 2.39. The SMILES string of the molecule is CCC(CC)C(O)CNC1CN2CCC1CC2. The lowest BCUT2D eigenvalue weighted by Crippen LogP contribution is -2.57. The summed E-state index contributed by atoms with van der Waals surface area (Å²) in [6.07, 6.45) is 4.69. The first-order chi connectivity index (χ1) is 8.24. The van der Waals surface area contributed by atoms with Gasteiger partial charge < -0.3 is 15.3 Å². The van der Waals surface area contributed by atoms with E-state index in [1.807, 2.05) is 0 Å². The molecule has 3 heterocycles. The molecule has 0 saturated carbocycles. The van der Waals surface area contributed by atoms with Gasteiger partial charge in [0.25, 0.3) is 0 Å². The third-order valence-corrected chi connectivity index (χ3v) is 4.84. The zero-order chi connectivity index (χ0) is 12.3. The number of piperidine rings is 3. The summed E-state index contributed by atoms with van der Waals surface area (Å²) < 4.78 is 0. The molecule has 2 unspecified atom stereocenters. The molecule has 3 rings (SSSR count). The number of hydrogen-bond donors (Lipinski definition) is 2. The van der Waals surface area contributed by atoms with Gasteiger partial charge in [-0.2, -0.15) is 0 Å². The van der Waals surface area contributed by atoms with E-state index in [2.05, 4.69) is 24.1 Å². The molecule has 2 atom stereocenters. The monoisotopic (exact) mass is 240 g/mol. The van der Waals surface area contributed by atoms with Gasteiger partial charge in [0.15, 0.2) is 0 Å². The third-order valence-electron chi connectivity index (χ3n) is 4.84. The van der Waals surface area contributed by atoms with Crippen molar-refractivity contribution < 1.29 is 5.11 Å². The Morgan fingerprint density at radius 3 is 2.35 bits per heavy atom. The minimum absolute atomic E-state index is 0.166. The van der Waals surface area contributed by atoms with Crippen LogP contribution < -0.4 is 5.32 Å². The fraction of sp³-hybridized carbons (Fsp3) is 1.00. The highest BCUT2D eigenvalue weighted by Gasteiger charge is 2.34. The Hall–Kier alpha value is -0.120. The fourth-order valence-corrected chi connectivity index (χ4v) is 3.47. The highest BCUT2D eigenvalue weighted by molar-refractivity contribution is 4.91. The first kappa shape index (κ1) is 13.3. The molecule has 3 nitrogen and oxygen atoms in total. The van der Waals surface area contributed by atoms with Crippen molar-refractivity contribution >= 4 is 0 Å². The Morgan fingerprint density at radius 2 is 1.88 bits per heavy atom. The van der Waals surface area contributed by atoms with E-state index >= 15 is 0 Å². The molecule has 0 radical (unpaired) electrons. The number of fused-ring (bicyclic) bond motifs is 3. The molecule has 3 fully saturated rings. The van der Waals surface area contributed by atoms with Crippen molar-refractivity contribution in [2.24, 2.45) is 11.8 Å². The van der Waals surface area contributed by atoms with Crippen molar-refractivity contribution in [2.75, 3.05) is 26.2 Å². The smallest absolute Gasteiger partial charge is 0.0692 e. The molecule has 0 aliphatic carbocycles. The summed E-state index contributed by atoms with van der Waals surface area (Å²) in [6, 6.07) is 0.626. The van der Waals surface area contributed by atoms with Gasteiger partial charge in [0.1, 0.15) is 0 Å². The molecular formula is C14H28N2O. The topological polar surface area (TPSA) is 35.5 Å². The van der Waals surface area contributed by atoms with Crippen molar-refractivity contribution in [3.05, 3.63) is 0 Å². The quantitative estimate of drug-likeness (QED) is 0.738. The van der Waals surface area contributed by atoms with E-state index in [4.69, 9.17) is 0 Å². The molecule has 2 bridgehead atoms. The number of aliphatic hydroxyl groups is 1. The van der Waals surface area contributed by atoms with E-state index in [1.165, 1.54) is 32.5 Å². The molecule has 3 saturated heterocycles. The molecule has 3 aliphatic rings. The number of aliphatic hydroxyl groups excluding tert-OH is 1. The van der Waals surface area contributed by atoms with Crippen LogP contribution in [-0.2, 0) is 0 Å². The highest BCUT2D eigenvalue weighted by Crippen LogP contribution is 2.27. The van der Waals surface area contributed by atoms with Gasteiger partial charge in [-0.05, 0) is 37.8 Å². The number of hydrogen-bond acceptors (Lipinski definition) is 3. The van der Waals surface area contributed by atoms with Crippen molar-refractivity contribution in [1.82, 2.24) is 10.2 Å². The van der Waals surface area contributed by atoms with E-state index in [0.717, 1.165) is 25.3 Å². The number of nitrogens with one attached hydrogen (secondary N) is 1. The van der Waals surface area contributed by atoms with Crippen LogP contribution in [0.3, 0.4) is 0 Å². The summed E-state index contributed by atoms with van der Waals surface area (Å²) in [4.78, 5) is 2.56. The van der Waals surface area contributed by atoms with Crippen LogP contribution in [-0.4, -0.2) is 48.3 Å². The maximum atomic E-state index is 10.1. The van der Waals surface area contributed by atoms with Gasteiger partial charge in [-0.3, -0.25) is 0 Å². The zero-order valence-corrected chi connectivity index (χ0v) is 11.4. The maximum Gasteiger partial charge on any atom is 0.0692 e. The largest absolute Gasteiger partial charge is 0.392 e. The van der Waals surface area contributed by atoms with E-state index in [0.29, 0.717) is 12.0 Å². The third kappa shape index (κ3) is 3.21. The lowest BCUT2D eigenvalue weighted by atomic mass is 9.84. The van der Waals surface area contributed by atoms with Crippen LogP contribution in [0.4, 0.5) is 0 Å². The van der Waals surface area contributed by atoms with Crippen LogP contribution in [0.5, 0.6) is 0 Å². The van der Waals surface area contributed by atoms with Gasteiger partial charge in [-0.15, -0.1) is 0 Å². The Morgan fingerprint density at radius 1 is 1.24 bits per heavy atom. The summed E-state index contributed by atoms with van der Waals surface area (Å²) >= 11 is 0. The van der Waals surface area contributed by atoms with Crippen LogP contribution in [0.1, 0.15) is 39.5 Å². The Kier molecular flexibility index (Phi) is 4.83. The molecular weight excluding hydrogens is 212 g/mol. The van der Waals surface area contributed by atoms with Gasteiger partial charge in [-0.25, -0.2) is 0 Å². The molecule has 0 aromatic rings. The normalized spacial score (nSPS) is 34.2. The minimum Gasteiger partial charge on any atom is -0.392 e. The average molecular weight is 240 g/mol. The van der Waals surface area contributed by atoms with Gasteiger partial charge in [0, 0.05) is 19.1 Å². The first-order valence-corrected chi connectivity index (χ1v) is 7.38. The molecule has 2 N–H and O–H groups in total. The first-order valence-electron chi connectivity index (χ1n) is 7.38. The fourth-order valence-electron chi connectivity index (χ4n) is 3.47. The Bertz CT molecular complexity index is 222. The number of nitrogens with zero attached hydrogens (tertiary/aromatic N) is 1. The molecule has 100 valence electrons.